The summed E-state index contributed by atoms with van der Waals surface area (Å²) in [4.78, 5) is 11.2. The summed E-state index contributed by atoms with van der Waals surface area (Å²) in [6.45, 7) is 3.21. The Balaban J connectivity index is 2.22. The zero-order chi connectivity index (χ0) is 10.6. The van der Waals surface area contributed by atoms with E-state index in [-0.39, 0.29) is 0 Å². The van der Waals surface area contributed by atoms with Crippen molar-refractivity contribution in [1.82, 2.24) is 5.32 Å². The molecular weight excluding hydrogens is 201 g/mol. The molecule has 0 aromatic carbocycles. The summed E-state index contributed by atoms with van der Waals surface area (Å²) >= 11 is 1.95. The van der Waals surface area contributed by atoms with Gasteiger partial charge in [-0.25, -0.2) is 4.39 Å². The van der Waals surface area contributed by atoms with Gasteiger partial charge in [-0.05, 0) is 44.1 Å². The number of nitrogens with one attached hydrogen (secondary N) is 1. The quantitative estimate of drug-likeness (QED) is 0.786. The van der Waals surface area contributed by atoms with Crippen molar-refractivity contribution in [2.75, 3.05) is 18.1 Å². The lowest BCUT2D eigenvalue weighted by Crippen LogP contribution is -2.41. The molecule has 0 aliphatic carbocycles. The molecule has 2 nitrogen and oxygen atoms in total. The molecule has 0 unspecified atom stereocenters. The summed E-state index contributed by atoms with van der Waals surface area (Å²) < 4.78 is 13.1. The van der Waals surface area contributed by atoms with Crippen LogP contribution in [0.2, 0.25) is 0 Å². The van der Waals surface area contributed by atoms with E-state index in [1.54, 1.807) is 0 Å². The Bertz CT molecular complexity index is 197. The SMILES string of the molecule is CC(C)(F)C(=O)NCC1CCSCC1. The van der Waals surface area contributed by atoms with Gasteiger partial charge in [-0.3, -0.25) is 4.79 Å². The zero-order valence-electron chi connectivity index (χ0n) is 8.81. The second kappa shape index (κ2) is 5.01. The van der Waals surface area contributed by atoms with Gasteiger partial charge in [0.1, 0.15) is 0 Å². The van der Waals surface area contributed by atoms with Crippen molar-refractivity contribution >= 4 is 17.7 Å². The third-order valence-corrected chi connectivity index (χ3v) is 3.48. The van der Waals surface area contributed by atoms with Crippen LogP contribution in [0.15, 0.2) is 0 Å². The number of hydrogen-bond donors (Lipinski definition) is 1. The van der Waals surface area contributed by atoms with Crippen LogP contribution in [0, 0.1) is 5.92 Å². The molecule has 0 aromatic rings. The van der Waals surface area contributed by atoms with E-state index in [4.69, 9.17) is 0 Å². The average Bonchev–Trinajstić information content (AvgIpc) is 2.14. The van der Waals surface area contributed by atoms with Crippen LogP contribution in [-0.2, 0) is 4.79 Å². The fourth-order valence-electron chi connectivity index (χ4n) is 1.40. The highest BCUT2D eigenvalue weighted by molar-refractivity contribution is 7.99. The Morgan fingerprint density at radius 3 is 2.57 bits per heavy atom. The van der Waals surface area contributed by atoms with Crippen LogP contribution < -0.4 is 5.32 Å². The van der Waals surface area contributed by atoms with Crippen molar-refractivity contribution in [3.8, 4) is 0 Å². The number of hydrogen-bond acceptors (Lipinski definition) is 2. The highest BCUT2D eigenvalue weighted by atomic mass is 32.2. The summed E-state index contributed by atoms with van der Waals surface area (Å²) in [5.41, 5.74) is -1.75. The summed E-state index contributed by atoms with van der Waals surface area (Å²) in [6, 6.07) is 0. The first kappa shape index (κ1) is 11.8. The fourth-order valence-corrected chi connectivity index (χ4v) is 2.60. The molecule has 1 rings (SSSR count). The normalized spacial score (nSPS) is 19.4. The van der Waals surface area contributed by atoms with Gasteiger partial charge >= 0.3 is 0 Å². The Morgan fingerprint density at radius 1 is 1.50 bits per heavy atom. The van der Waals surface area contributed by atoms with Gasteiger partial charge in [0.15, 0.2) is 5.67 Å². The minimum Gasteiger partial charge on any atom is -0.353 e. The predicted octanol–water partition coefficient (Wildman–Crippen LogP) is 1.99. The molecule has 1 heterocycles. The van der Waals surface area contributed by atoms with Crippen LogP contribution in [0.1, 0.15) is 26.7 Å². The molecule has 0 radical (unpaired) electrons. The second-order valence-electron chi connectivity index (χ2n) is 4.24. The second-order valence-corrected chi connectivity index (χ2v) is 5.46. The first-order valence-electron chi connectivity index (χ1n) is 5.05. The summed E-state index contributed by atoms with van der Waals surface area (Å²) in [5.74, 6) is 2.39. The molecule has 82 valence electrons. The zero-order valence-corrected chi connectivity index (χ0v) is 9.62. The molecule has 0 saturated carbocycles. The van der Waals surface area contributed by atoms with Crippen molar-refractivity contribution in [3.63, 3.8) is 0 Å². The van der Waals surface area contributed by atoms with E-state index in [9.17, 15) is 9.18 Å². The molecule has 14 heavy (non-hydrogen) atoms. The Morgan fingerprint density at radius 2 is 2.07 bits per heavy atom. The predicted molar refractivity (Wildman–Crippen MR) is 58.2 cm³/mol. The topological polar surface area (TPSA) is 29.1 Å². The van der Waals surface area contributed by atoms with Gasteiger partial charge in [0, 0.05) is 6.54 Å². The fraction of sp³-hybridized carbons (Fsp3) is 0.900. The van der Waals surface area contributed by atoms with Crippen LogP contribution in [0.5, 0.6) is 0 Å². The first-order valence-corrected chi connectivity index (χ1v) is 6.20. The van der Waals surface area contributed by atoms with E-state index in [0.29, 0.717) is 12.5 Å². The largest absolute Gasteiger partial charge is 0.353 e. The minimum atomic E-state index is -1.75. The smallest absolute Gasteiger partial charge is 0.257 e. The molecule has 0 aromatic heterocycles. The summed E-state index contributed by atoms with van der Waals surface area (Å²) in [5, 5.41) is 2.67. The average molecular weight is 219 g/mol. The summed E-state index contributed by atoms with van der Waals surface area (Å²) in [7, 11) is 0. The highest BCUT2D eigenvalue weighted by Gasteiger charge is 2.26. The summed E-state index contributed by atoms with van der Waals surface area (Å²) in [6.07, 6.45) is 2.27. The monoisotopic (exact) mass is 219 g/mol. The van der Waals surface area contributed by atoms with Crippen LogP contribution in [0.25, 0.3) is 0 Å². The molecule has 1 N–H and O–H groups in total. The minimum absolute atomic E-state index is 0.490. The molecule has 1 amide bonds. The number of amides is 1. The van der Waals surface area contributed by atoms with E-state index < -0.39 is 11.6 Å². The van der Waals surface area contributed by atoms with Crippen molar-refractivity contribution < 1.29 is 9.18 Å². The lowest BCUT2D eigenvalue weighted by molar-refractivity contribution is -0.130. The molecule has 0 spiro atoms. The number of alkyl halides is 1. The third-order valence-electron chi connectivity index (χ3n) is 2.43. The van der Waals surface area contributed by atoms with Gasteiger partial charge in [-0.15, -0.1) is 0 Å². The van der Waals surface area contributed by atoms with Crippen LogP contribution in [-0.4, -0.2) is 29.6 Å². The van der Waals surface area contributed by atoms with E-state index >= 15 is 0 Å². The number of halogens is 1. The molecular formula is C10H18FNOS. The van der Waals surface area contributed by atoms with Crippen LogP contribution in [0.3, 0.4) is 0 Å². The Kier molecular flexibility index (Phi) is 4.23. The maximum atomic E-state index is 13.1. The first-order chi connectivity index (χ1) is 6.50. The highest BCUT2D eigenvalue weighted by Crippen LogP contribution is 2.22. The lowest BCUT2D eigenvalue weighted by atomic mass is 10.0. The number of carbonyl (C=O) groups is 1. The van der Waals surface area contributed by atoms with Gasteiger partial charge in [-0.1, -0.05) is 0 Å². The molecule has 1 saturated heterocycles. The maximum absolute atomic E-state index is 13.1. The molecule has 4 heteroatoms. The number of thioether (sulfide) groups is 1. The van der Waals surface area contributed by atoms with Crippen molar-refractivity contribution in [3.05, 3.63) is 0 Å². The lowest BCUT2D eigenvalue weighted by Gasteiger charge is -2.23. The van der Waals surface area contributed by atoms with Crippen LogP contribution in [0.4, 0.5) is 4.39 Å². The third kappa shape index (κ3) is 3.86. The van der Waals surface area contributed by atoms with Crippen LogP contribution >= 0.6 is 11.8 Å². The van der Waals surface area contributed by atoms with Crippen molar-refractivity contribution in [2.24, 2.45) is 5.92 Å². The van der Waals surface area contributed by atoms with E-state index in [0.717, 1.165) is 12.8 Å². The van der Waals surface area contributed by atoms with Gasteiger partial charge in [0.25, 0.3) is 5.91 Å². The standard InChI is InChI=1S/C10H18FNOS/c1-10(2,11)9(13)12-7-8-3-5-14-6-4-8/h8H,3-7H2,1-2H3,(H,12,13). The number of rotatable bonds is 3. The molecule has 0 atom stereocenters. The molecule has 1 aliphatic rings. The van der Waals surface area contributed by atoms with Gasteiger partial charge in [0.05, 0.1) is 0 Å². The van der Waals surface area contributed by atoms with Gasteiger partial charge in [0.2, 0.25) is 0 Å². The van der Waals surface area contributed by atoms with E-state index in [1.165, 1.54) is 25.4 Å². The Hall–Kier alpha value is -0.250. The van der Waals surface area contributed by atoms with Crippen molar-refractivity contribution in [1.29, 1.82) is 0 Å². The molecule has 0 bridgehead atoms. The molecule has 1 aliphatic heterocycles. The van der Waals surface area contributed by atoms with E-state index in [1.807, 2.05) is 11.8 Å². The van der Waals surface area contributed by atoms with E-state index in [2.05, 4.69) is 5.32 Å². The molecule has 1 fully saturated rings. The number of carbonyl (C=O) groups excluding carboxylic acids is 1. The maximum Gasteiger partial charge on any atom is 0.257 e. The van der Waals surface area contributed by atoms with Crippen molar-refractivity contribution in [2.45, 2.75) is 32.4 Å². The van der Waals surface area contributed by atoms with Gasteiger partial charge < -0.3 is 5.32 Å². The van der Waals surface area contributed by atoms with Gasteiger partial charge in [-0.2, -0.15) is 11.8 Å². The Labute approximate surface area is 89.0 Å².